The number of carbonyl (C=O) groups is 1. The molecule has 2 heterocycles. The Morgan fingerprint density at radius 2 is 1.52 bits per heavy atom. The molecule has 2 fully saturated rings. The second-order valence-electron chi connectivity index (χ2n) is 8.90. The fourth-order valence-electron chi connectivity index (χ4n) is 4.65. The van der Waals surface area contributed by atoms with Crippen LogP contribution in [0.5, 0.6) is 0 Å². The quantitative estimate of drug-likeness (QED) is 0.303. The van der Waals surface area contributed by atoms with E-state index in [9.17, 15) is 4.79 Å². The molecule has 0 N–H and O–H groups in total. The van der Waals surface area contributed by atoms with Gasteiger partial charge in [0.25, 0.3) is 0 Å². The van der Waals surface area contributed by atoms with E-state index in [1.807, 2.05) is 13.8 Å². The van der Waals surface area contributed by atoms with E-state index in [0.29, 0.717) is 23.2 Å². The number of carbonyl (C=O) groups excluding carboxylic acids is 1. The smallest absolute Gasteiger partial charge is 0.303 e. The van der Waals surface area contributed by atoms with E-state index in [-0.39, 0.29) is 28.9 Å². The molecule has 4 atom stereocenters. The van der Waals surface area contributed by atoms with Gasteiger partial charge < -0.3 is 18.6 Å². The van der Waals surface area contributed by atoms with Crippen LogP contribution in [0.3, 0.4) is 0 Å². The fourth-order valence-corrected chi connectivity index (χ4v) is 13.1. The molecule has 1 unspecified atom stereocenters. The number of esters is 1. The van der Waals surface area contributed by atoms with Crippen LogP contribution < -0.4 is 0 Å². The highest BCUT2D eigenvalue weighted by Crippen LogP contribution is 2.50. The van der Waals surface area contributed by atoms with Crippen molar-refractivity contribution in [2.75, 3.05) is 6.61 Å². The zero-order chi connectivity index (χ0) is 20.6. The number of fused-ring (bicyclic) bond motifs is 1. The average Bonchev–Trinajstić information content (AvgIpc) is 2.83. The molecule has 0 aromatic carbocycles. The van der Waals surface area contributed by atoms with Crippen molar-refractivity contribution >= 4 is 35.9 Å². The summed E-state index contributed by atoms with van der Waals surface area (Å²) in [5.74, 6) is -0.971. The van der Waals surface area contributed by atoms with Crippen LogP contribution in [0.2, 0.25) is 16.6 Å². The summed E-state index contributed by atoms with van der Waals surface area (Å²) in [6.07, 6.45) is -0.411. The van der Waals surface area contributed by atoms with Gasteiger partial charge in [-0.1, -0.05) is 52.3 Å². The number of ether oxygens (including phenoxy) is 3. The van der Waals surface area contributed by atoms with Crippen LogP contribution in [0.4, 0.5) is 0 Å². The van der Waals surface area contributed by atoms with E-state index in [2.05, 4.69) is 41.5 Å². The summed E-state index contributed by atoms with van der Waals surface area (Å²) in [5, 5.41) is 0.150. The zero-order valence-electron chi connectivity index (χ0n) is 18.1. The van der Waals surface area contributed by atoms with Gasteiger partial charge in [-0.05, 0) is 41.3 Å². The summed E-state index contributed by atoms with van der Waals surface area (Å²) >= 11 is 0. The Bertz CT molecular complexity index is 504. The van der Waals surface area contributed by atoms with Gasteiger partial charge in [0.1, 0.15) is 12.2 Å². The lowest BCUT2D eigenvalue weighted by molar-refractivity contribution is -0.161. The van der Waals surface area contributed by atoms with Gasteiger partial charge in [0.15, 0.2) is 19.5 Å². The van der Waals surface area contributed by atoms with Gasteiger partial charge in [-0.2, -0.15) is 0 Å². The lowest BCUT2D eigenvalue weighted by Gasteiger charge is -2.44. The minimum Gasteiger partial charge on any atom is -0.448 e. The first-order chi connectivity index (χ1) is 12.4. The monoisotopic (exact) mass is 436 g/mol. The van der Waals surface area contributed by atoms with Crippen molar-refractivity contribution in [3.05, 3.63) is 0 Å². The largest absolute Gasteiger partial charge is 0.448 e. The Hall–Kier alpha value is 0.267. The Balaban J connectivity index is 2.16. The molecule has 158 valence electrons. The summed E-state index contributed by atoms with van der Waals surface area (Å²) in [4.78, 5) is 11.5. The first-order valence-electron chi connectivity index (χ1n) is 9.89. The minimum absolute atomic E-state index is 0.145. The average molecular weight is 437 g/mol. The second-order valence-corrected chi connectivity index (χ2v) is 17.0. The van der Waals surface area contributed by atoms with E-state index in [1.165, 1.54) is 6.92 Å². The highest BCUT2D eigenvalue weighted by atomic mass is 33.1. The Morgan fingerprint density at radius 3 is 2.00 bits per heavy atom. The molecule has 2 aliphatic rings. The van der Waals surface area contributed by atoms with Gasteiger partial charge >= 0.3 is 5.97 Å². The molecular formula is C19H36O5S2Si. The van der Waals surface area contributed by atoms with E-state index >= 15 is 0 Å². The van der Waals surface area contributed by atoms with Gasteiger partial charge in [0, 0.05) is 13.5 Å². The third kappa shape index (κ3) is 5.06. The number of hydrogen-bond acceptors (Lipinski definition) is 7. The van der Waals surface area contributed by atoms with Crippen molar-refractivity contribution in [3.63, 3.8) is 0 Å². The van der Waals surface area contributed by atoms with Gasteiger partial charge in [-0.25, -0.2) is 0 Å². The molecule has 0 amide bonds. The van der Waals surface area contributed by atoms with Gasteiger partial charge in [-0.3, -0.25) is 4.79 Å². The molecule has 2 aliphatic heterocycles. The van der Waals surface area contributed by atoms with Crippen molar-refractivity contribution in [2.24, 2.45) is 0 Å². The first kappa shape index (κ1) is 23.5. The molecule has 0 radical (unpaired) electrons. The molecule has 0 aromatic heterocycles. The van der Waals surface area contributed by atoms with Crippen LogP contribution >= 0.6 is 21.6 Å². The van der Waals surface area contributed by atoms with Crippen molar-refractivity contribution in [3.8, 4) is 0 Å². The predicted molar refractivity (Wildman–Crippen MR) is 115 cm³/mol. The third-order valence-corrected chi connectivity index (χ3v) is 14.6. The maximum Gasteiger partial charge on any atom is 0.303 e. The van der Waals surface area contributed by atoms with Crippen LogP contribution in [0.25, 0.3) is 0 Å². The summed E-state index contributed by atoms with van der Waals surface area (Å²) in [7, 11) is 1.32. The van der Waals surface area contributed by atoms with Crippen LogP contribution in [-0.2, 0) is 23.4 Å². The van der Waals surface area contributed by atoms with Gasteiger partial charge in [0.05, 0.1) is 5.25 Å². The normalized spacial score (nSPS) is 30.8. The molecule has 0 aromatic rings. The number of rotatable bonds is 7. The SMILES string of the molecule is CC(=O)OC1SS[C@H](CO[Si](C(C)C)(C(C)C)C(C)C)[C@H]2OC(C)(C)O[C@@H]12. The topological polar surface area (TPSA) is 54.0 Å². The van der Waals surface area contributed by atoms with Gasteiger partial charge in [-0.15, -0.1) is 0 Å². The van der Waals surface area contributed by atoms with Crippen molar-refractivity contribution in [2.45, 2.75) is 108 Å². The van der Waals surface area contributed by atoms with Crippen LogP contribution in [0.15, 0.2) is 0 Å². The molecule has 0 saturated carbocycles. The highest BCUT2D eigenvalue weighted by Gasteiger charge is 2.54. The summed E-state index contributed by atoms with van der Waals surface area (Å²) in [5.41, 5.74) is 1.28. The Morgan fingerprint density at radius 1 is 1.00 bits per heavy atom. The lowest BCUT2D eigenvalue weighted by atomic mass is 10.1. The van der Waals surface area contributed by atoms with E-state index in [4.69, 9.17) is 18.6 Å². The second kappa shape index (κ2) is 8.96. The lowest BCUT2D eigenvalue weighted by Crippen LogP contribution is -2.52. The van der Waals surface area contributed by atoms with E-state index in [0.717, 1.165) is 0 Å². The minimum atomic E-state index is -1.94. The highest BCUT2D eigenvalue weighted by molar-refractivity contribution is 8.77. The standard InChI is InChI=1S/C19H36O5S2Si/c1-11(2)27(12(3)4,13(5)6)21-10-15-16-17(24-19(8,9)23-16)18(26-25-15)22-14(7)20/h11-13,15-18H,10H2,1-9H3/t15-,16-,17-,18?/m1/s1. The van der Waals surface area contributed by atoms with Crippen molar-refractivity contribution in [1.82, 2.24) is 0 Å². The van der Waals surface area contributed by atoms with Crippen molar-refractivity contribution < 1.29 is 23.4 Å². The third-order valence-electron chi connectivity index (χ3n) is 5.56. The summed E-state index contributed by atoms with van der Waals surface area (Å²) < 4.78 is 24.6. The first-order valence-corrected chi connectivity index (χ1v) is 14.3. The number of hydrogen-bond donors (Lipinski definition) is 0. The molecule has 0 bridgehead atoms. The predicted octanol–water partition coefficient (Wildman–Crippen LogP) is 5.35. The molecule has 2 rings (SSSR count). The molecule has 0 aliphatic carbocycles. The molecule has 2 saturated heterocycles. The fraction of sp³-hybridized carbons (Fsp3) is 0.947. The maximum atomic E-state index is 11.5. The van der Waals surface area contributed by atoms with E-state index in [1.54, 1.807) is 21.6 Å². The molecule has 5 nitrogen and oxygen atoms in total. The van der Waals surface area contributed by atoms with Crippen LogP contribution in [-0.4, -0.2) is 49.6 Å². The molecule has 0 spiro atoms. The van der Waals surface area contributed by atoms with Crippen LogP contribution in [0, 0.1) is 0 Å². The molecular weight excluding hydrogens is 400 g/mol. The Labute approximate surface area is 173 Å². The summed E-state index contributed by atoms with van der Waals surface area (Å²) in [6.45, 7) is 19.7. The summed E-state index contributed by atoms with van der Waals surface area (Å²) in [6, 6.07) is 0. The van der Waals surface area contributed by atoms with Crippen LogP contribution in [0.1, 0.15) is 62.3 Å². The maximum absolute atomic E-state index is 11.5. The molecule has 8 heteroatoms. The Kier molecular flexibility index (Phi) is 7.81. The van der Waals surface area contributed by atoms with E-state index < -0.39 is 14.1 Å². The van der Waals surface area contributed by atoms with Gasteiger partial charge in [0.2, 0.25) is 0 Å². The van der Waals surface area contributed by atoms with Crippen molar-refractivity contribution in [1.29, 1.82) is 0 Å². The molecule has 27 heavy (non-hydrogen) atoms. The zero-order valence-corrected chi connectivity index (χ0v) is 20.7.